The van der Waals surface area contributed by atoms with Crippen LogP contribution in [0.5, 0.6) is 0 Å². The summed E-state index contributed by atoms with van der Waals surface area (Å²) in [6.45, 7) is 6.01. The van der Waals surface area contributed by atoms with Crippen molar-refractivity contribution in [2.24, 2.45) is 5.73 Å². The Kier molecular flexibility index (Phi) is 4.28. The minimum atomic E-state index is -0.906. The Balaban J connectivity index is 4.44. The molecule has 0 unspecified atom stereocenters. The molecular weight excluding hydrogens is 186 g/mol. The maximum absolute atomic E-state index is 11.0. The van der Waals surface area contributed by atoms with Crippen LogP contribution in [0, 0.1) is 0 Å². The summed E-state index contributed by atoms with van der Waals surface area (Å²) in [4.78, 5) is 32.3. The smallest absolute Gasteiger partial charge is 0.341 e. The number of amides is 1. The van der Waals surface area contributed by atoms with Gasteiger partial charge in [-0.05, 0) is 13.8 Å². The van der Waals surface area contributed by atoms with E-state index in [9.17, 15) is 14.4 Å². The van der Waals surface area contributed by atoms with Gasteiger partial charge in [-0.25, -0.2) is 9.59 Å². The maximum Gasteiger partial charge on any atom is 0.341 e. The zero-order valence-corrected chi connectivity index (χ0v) is 7.99. The molecule has 0 radical (unpaired) electrons. The summed E-state index contributed by atoms with van der Waals surface area (Å²) in [7, 11) is 0. The fourth-order valence-corrected chi connectivity index (χ4v) is 0.524. The highest BCUT2D eigenvalue weighted by atomic mass is 16.6. The second-order valence-electron chi connectivity index (χ2n) is 2.69. The molecule has 0 aliphatic carbocycles. The summed E-state index contributed by atoms with van der Waals surface area (Å²) in [6.07, 6.45) is 0.883. The summed E-state index contributed by atoms with van der Waals surface area (Å²) in [6, 6.07) is 0. The van der Waals surface area contributed by atoms with Crippen LogP contribution in [0.4, 0.5) is 0 Å². The molecule has 0 saturated carbocycles. The van der Waals surface area contributed by atoms with Crippen molar-refractivity contribution < 1.29 is 19.1 Å². The van der Waals surface area contributed by atoms with Crippen LogP contribution in [0.2, 0.25) is 0 Å². The number of hydrogen-bond acceptors (Lipinski definition) is 4. The average Bonchev–Trinajstić information content (AvgIpc) is 2.02. The SMILES string of the molecule is C=C(C)C(=O)OC(=O)C(C)=CC(N)=O. The normalized spacial score (nSPS) is 10.6. The Labute approximate surface area is 81.2 Å². The van der Waals surface area contributed by atoms with Crippen LogP contribution < -0.4 is 5.73 Å². The zero-order chi connectivity index (χ0) is 11.3. The third-order valence-electron chi connectivity index (χ3n) is 1.21. The van der Waals surface area contributed by atoms with Crippen LogP contribution in [-0.2, 0) is 19.1 Å². The second kappa shape index (κ2) is 4.96. The van der Waals surface area contributed by atoms with Gasteiger partial charge in [-0.3, -0.25) is 4.79 Å². The highest BCUT2D eigenvalue weighted by molar-refractivity contribution is 6.04. The first-order valence-corrected chi connectivity index (χ1v) is 3.74. The van der Waals surface area contributed by atoms with Crippen molar-refractivity contribution in [3.8, 4) is 0 Å². The first-order valence-electron chi connectivity index (χ1n) is 3.74. The summed E-state index contributed by atoms with van der Waals surface area (Å²) in [5, 5.41) is 0. The lowest BCUT2D eigenvalue weighted by atomic mass is 10.3. The first kappa shape index (κ1) is 12.1. The van der Waals surface area contributed by atoms with E-state index in [2.05, 4.69) is 11.3 Å². The van der Waals surface area contributed by atoms with Crippen molar-refractivity contribution in [1.29, 1.82) is 0 Å². The van der Waals surface area contributed by atoms with Crippen molar-refractivity contribution in [3.63, 3.8) is 0 Å². The Bertz CT molecular complexity index is 328. The van der Waals surface area contributed by atoms with E-state index in [-0.39, 0.29) is 11.1 Å². The topological polar surface area (TPSA) is 86.5 Å². The zero-order valence-electron chi connectivity index (χ0n) is 7.99. The molecule has 0 atom stereocenters. The molecule has 0 spiro atoms. The van der Waals surface area contributed by atoms with Crippen molar-refractivity contribution in [2.45, 2.75) is 13.8 Å². The predicted molar refractivity (Wildman–Crippen MR) is 48.9 cm³/mol. The van der Waals surface area contributed by atoms with E-state index in [1.165, 1.54) is 13.8 Å². The fourth-order valence-electron chi connectivity index (χ4n) is 0.524. The molecule has 0 aromatic carbocycles. The van der Waals surface area contributed by atoms with Gasteiger partial charge in [0.15, 0.2) is 0 Å². The van der Waals surface area contributed by atoms with Gasteiger partial charge in [0, 0.05) is 17.2 Å². The number of nitrogens with two attached hydrogens (primary N) is 1. The van der Waals surface area contributed by atoms with Crippen LogP contribution >= 0.6 is 0 Å². The molecule has 1 amide bonds. The molecule has 0 aromatic rings. The average molecular weight is 197 g/mol. The molecule has 5 nitrogen and oxygen atoms in total. The van der Waals surface area contributed by atoms with Crippen molar-refractivity contribution >= 4 is 17.8 Å². The molecular formula is C9H11NO4. The predicted octanol–water partition coefficient (Wildman–Crippen LogP) is 0.0639. The van der Waals surface area contributed by atoms with Gasteiger partial charge in [0.05, 0.1) is 0 Å². The molecule has 14 heavy (non-hydrogen) atoms. The van der Waals surface area contributed by atoms with Crippen LogP contribution in [0.3, 0.4) is 0 Å². The van der Waals surface area contributed by atoms with E-state index in [0.717, 1.165) is 6.08 Å². The lowest BCUT2D eigenvalue weighted by molar-refractivity contribution is -0.154. The van der Waals surface area contributed by atoms with Crippen molar-refractivity contribution in [2.75, 3.05) is 0 Å². The minimum absolute atomic E-state index is 0.0351. The highest BCUT2D eigenvalue weighted by Gasteiger charge is 2.12. The number of hydrogen-bond donors (Lipinski definition) is 1. The van der Waals surface area contributed by atoms with E-state index in [1.54, 1.807) is 0 Å². The van der Waals surface area contributed by atoms with Gasteiger partial charge in [-0.1, -0.05) is 6.58 Å². The Morgan fingerprint density at radius 1 is 1.21 bits per heavy atom. The molecule has 0 aliphatic rings. The van der Waals surface area contributed by atoms with E-state index in [0.29, 0.717) is 0 Å². The minimum Gasteiger partial charge on any atom is -0.386 e. The van der Waals surface area contributed by atoms with Crippen LogP contribution in [0.15, 0.2) is 23.8 Å². The van der Waals surface area contributed by atoms with E-state index in [4.69, 9.17) is 5.73 Å². The Morgan fingerprint density at radius 2 is 1.71 bits per heavy atom. The number of carbonyl (C=O) groups excluding carboxylic acids is 3. The fraction of sp³-hybridized carbons (Fsp3) is 0.222. The maximum atomic E-state index is 11.0. The van der Waals surface area contributed by atoms with E-state index >= 15 is 0 Å². The molecule has 0 fully saturated rings. The molecule has 0 bridgehead atoms. The second-order valence-corrected chi connectivity index (χ2v) is 2.69. The first-order chi connectivity index (χ1) is 6.34. The third-order valence-corrected chi connectivity index (χ3v) is 1.21. The molecule has 0 aliphatic heterocycles. The monoisotopic (exact) mass is 197 g/mol. The van der Waals surface area contributed by atoms with E-state index < -0.39 is 17.8 Å². The number of primary amides is 1. The van der Waals surface area contributed by atoms with Gasteiger partial charge in [0.2, 0.25) is 5.91 Å². The van der Waals surface area contributed by atoms with Gasteiger partial charge in [-0.2, -0.15) is 0 Å². The van der Waals surface area contributed by atoms with Crippen molar-refractivity contribution in [3.05, 3.63) is 23.8 Å². The molecule has 76 valence electrons. The lowest BCUT2D eigenvalue weighted by Crippen LogP contribution is -2.16. The van der Waals surface area contributed by atoms with Gasteiger partial charge < -0.3 is 10.5 Å². The Morgan fingerprint density at radius 3 is 2.07 bits per heavy atom. The number of esters is 2. The number of ether oxygens (including phenoxy) is 1. The third kappa shape index (κ3) is 4.20. The summed E-state index contributed by atoms with van der Waals surface area (Å²) < 4.78 is 4.32. The van der Waals surface area contributed by atoms with Gasteiger partial charge in [0.25, 0.3) is 0 Å². The Hall–Kier alpha value is -1.91. The summed E-state index contributed by atoms with van der Waals surface area (Å²) >= 11 is 0. The molecule has 5 heteroatoms. The standard InChI is InChI=1S/C9H11NO4/c1-5(2)8(12)14-9(13)6(3)4-7(10)11/h4H,1H2,2-3H3,(H2,10,11). The van der Waals surface area contributed by atoms with Crippen LogP contribution in [-0.4, -0.2) is 17.8 Å². The molecule has 0 heterocycles. The molecule has 0 aromatic heterocycles. The highest BCUT2D eigenvalue weighted by Crippen LogP contribution is 2.00. The van der Waals surface area contributed by atoms with Gasteiger partial charge in [-0.15, -0.1) is 0 Å². The van der Waals surface area contributed by atoms with Crippen LogP contribution in [0.25, 0.3) is 0 Å². The molecule has 0 saturated heterocycles. The van der Waals surface area contributed by atoms with Gasteiger partial charge >= 0.3 is 11.9 Å². The number of rotatable bonds is 3. The van der Waals surface area contributed by atoms with Gasteiger partial charge in [0.1, 0.15) is 0 Å². The van der Waals surface area contributed by atoms with E-state index in [1.807, 2.05) is 0 Å². The summed E-state index contributed by atoms with van der Waals surface area (Å²) in [5.41, 5.74) is 4.86. The summed E-state index contributed by atoms with van der Waals surface area (Å²) in [5.74, 6) is -2.51. The number of carbonyl (C=O) groups is 3. The van der Waals surface area contributed by atoms with Crippen molar-refractivity contribution in [1.82, 2.24) is 0 Å². The molecule has 2 N–H and O–H groups in total. The lowest BCUT2D eigenvalue weighted by Gasteiger charge is -2.01. The molecule has 0 rings (SSSR count). The quantitative estimate of drug-likeness (QED) is 0.394. The van der Waals surface area contributed by atoms with Crippen LogP contribution in [0.1, 0.15) is 13.8 Å². The largest absolute Gasteiger partial charge is 0.386 e.